The number of aromatic nitrogens is 2. The molecule has 2 aromatic rings. The van der Waals surface area contributed by atoms with Gasteiger partial charge in [-0.05, 0) is 12.0 Å². The number of hydrogen-bond acceptors (Lipinski definition) is 3. The fourth-order valence-corrected chi connectivity index (χ4v) is 2.26. The molecule has 0 unspecified atom stereocenters. The van der Waals surface area contributed by atoms with Gasteiger partial charge >= 0.3 is 0 Å². The van der Waals surface area contributed by atoms with Gasteiger partial charge in [0.15, 0.2) is 0 Å². The Morgan fingerprint density at radius 3 is 2.55 bits per heavy atom. The number of H-pyrrole nitrogens is 1. The molecule has 6 heteroatoms. The van der Waals surface area contributed by atoms with Crippen molar-refractivity contribution in [3.63, 3.8) is 0 Å². The van der Waals surface area contributed by atoms with Crippen molar-refractivity contribution >= 4 is 18.3 Å². The molecule has 5 nitrogen and oxygen atoms in total. The summed E-state index contributed by atoms with van der Waals surface area (Å²) in [6.45, 7) is 5.22. The highest BCUT2D eigenvalue weighted by Gasteiger charge is 2.24. The van der Waals surface area contributed by atoms with Crippen molar-refractivity contribution in [2.24, 2.45) is 11.1 Å². The summed E-state index contributed by atoms with van der Waals surface area (Å²) in [5.74, 6) is -0.0517. The first-order valence-electron chi connectivity index (χ1n) is 6.99. The second-order valence-electron chi connectivity index (χ2n) is 6.05. The number of benzene rings is 1. The molecule has 0 fully saturated rings. The lowest BCUT2D eigenvalue weighted by molar-refractivity contribution is 0.0741. The van der Waals surface area contributed by atoms with Gasteiger partial charge in [-0.15, -0.1) is 12.4 Å². The first kappa shape index (κ1) is 18.2. The smallest absolute Gasteiger partial charge is 0.257 e. The molecule has 0 atom stereocenters. The molecule has 0 radical (unpaired) electrons. The first-order valence-corrected chi connectivity index (χ1v) is 6.99. The fraction of sp³-hybridized carbons (Fsp3) is 0.375. The van der Waals surface area contributed by atoms with E-state index in [0.717, 1.165) is 11.3 Å². The Kier molecular flexibility index (Phi) is 6.14. The van der Waals surface area contributed by atoms with Gasteiger partial charge in [0.05, 0.1) is 17.5 Å². The Hall–Kier alpha value is -1.85. The Morgan fingerprint density at radius 1 is 1.32 bits per heavy atom. The van der Waals surface area contributed by atoms with Crippen molar-refractivity contribution in [2.75, 3.05) is 20.1 Å². The molecule has 120 valence electrons. The normalized spacial score (nSPS) is 10.9. The molecular formula is C16H23ClN4O. The molecule has 0 spiro atoms. The molecule has 0 aliphatic carbocycles. The van der Waals surface area contributed by atoms with Crippen molar-refractivity contribution in [3.05, 3.63) is 42.1 Å². The zero-order valence-electron chi connectivity index (χ0n) is 13.2. The first-order chi connectivity index (χ1) is 9.94. The summed E-state index contributed by atoms with van der Waals surface area (Å²) in [6, 6.07) is 9.72. The van der Waals surface area contributed by atoms with Crippen LogP contribution in [0.4, 0.5) is 0 Å². The number of hydrogen-bond donors (Lipinski definition) is 2. The summed E-state index contributed by atoms with van der Waals surface area (Å²) < 4.78 is 0. The third kappa shape index (κ3) is 4.08. The second kappa shape index (κ2) is 7.42. The fourth-order valence-electron chi connectivity index (χ4n) is 2.26. The van der Waals surface area contributed by atoms with E-state index in [1.165, 1.54) is 0 Å². The molecule has 0 bridgehead atoms. The van der Waals surface area contributed by atoms with E-state index in [1.54, 1.807) is 18.1 Å². The maximum absolute atomic E-state index is 12.6. The molecular weight excluding hydrogens is 300 g/mol. The number of carbonyl (C=O) groups excluding carboxylic acids is 1. The quantitative estimate of drug-likeness (QED) is 0.888. The summed E-state index contributed by atoms with van der Waals surface area (Å²) in [5, 5.41) is 6.93. The summed E-state index contributed by atoms with van der Waals surface area (Å²) >= 11 is 0. The van der Waals surface area contributed by atoms with Crippen LogP contribution in [0.15, 0.2) is 36.5 Å². The third-order valence-corrected chi connectivity index (χ3v) is 3.50. The van der Waals surface area contributed by atoms with Gasteiger partial charge in [0.25, 0.3) is 5.91 Å². The average Bonchev–Trinajstić information content (AvgIpc) is 2.96. The molecule has 22 heavy (non-hydrogen) atoms. The van der Waals surface area contributed by atoms with Crippen LogP contribution in [-0.2, 0) is 0 Å². The lowest BCUT2D eigenvalue weighted by atomic mass is 9.93. The Morgan fingerprint density at radius 2 is 1.95 bits per heavy atom. The molecule has 0 saturated carbocycles. The maximum Gasteiger partial charge on any atom is 0.257 e. The van der Waals surface area contributed by atoms with Gasteiger partial charge in [0.2, 0.25) is 0 Å². The zero-order valence-corrected chi connectivity index (χ0v) is 14.0. The number of carbonyl (C=O) groups is 1. The minimum Gasteiger partial charge on any atom is -0.341 e. The standard InChI is InChI=1S/C16H22N4O.ClH/c1-16(2,10-17)11-20(3)15(21)13-9-18-19-14(13)12-7-5-4-6-8-12;/h4-9H,10-11,17H2,1-3H3,(H,18,19);1H. The highest BCUT2D eigenvalue weighted by atomic mass is 35.5. The van der Waals surface area contributed by atoms with Gasteiger partial charge in [-0.3, -0.25) is 9.89 Å². The maximum atomic E-state index is 12.6. The largest absolute Gasteiger partial charge is 0.341 e. The lowest BCUT2D eigenvalue weighted by Gasteiger charge is -2.29. The molecule has 3 N–H and O–H groups in total. The zero-order chi connectivity index (χ0) is 15.5. The van der Waals surface area contributed by atoms with Crippen LogP contribution < -0.4 is 5.73 Å². The van der Waals surface area contributed by atoms with Crippen LogP contribution in [0, 0.1) is 5.41 Å². The minimum absolute atomic E-state index is 0. The monoisotopic (exact) mass is 322 g/mol. The SMILES string of the molecule is CN(CC(C)(C)CN)C(=O)c1cn[nH]c1-c1ccccc1.Cl. The van der Waals surface area contributed by atoms with Gasteiger partial charge in [-0.1, -0.05) is 44.2 Å². The topological polar surface area (TPSA) is 75.0 Å². The summed E-state index contributed by atoms with van der Waals surface area (Å²) in [5.41, 5.74) is 7.91. The highest BCUT2D eigenvalue weighted by Crippen LogP contribution is 2.23. The number of rotatable bonds is 5. The van der Waals surface area contributed by atoms with E-state index in [9.17, 15) is 4.79 Å². The van der Waals surface area contributed by atoms with E-state index in [0.29, 0.717) is 18.7 Å². The lowest BCUT2D eigenvalue weighted by Crippen LogP contribution is -2.39. The molecule has 0 aliphatic heterocycles. The van der Waals surface area contributed by atoms with Crippen molar-refractivity contribution in [1.29, 1.82) is 0 Å². The van der Waals surface area contributed by atoms with Crippen LogP contribution in [-0.4, -0.2) is 41.1 Å². The Bertz CT molecular complexity index is 610. The van der Waals surface area contributed by atoms with Crippen LogP contribution in [0.2, 0.25) is 0 Å². The third-order valence-electron chi connectivity index (χ3n) is 3.50. The Labute approximate surface area is 137 Å². The van der Waals surface area contributed by atoms with E-state index >= 15 is 0 Å². The number of nitrogens with one attached hydrogen (secondary N) is 1. The molecule has 0 aliphatic rings. The van der Waals surface area contributed by atoms with Crippen molar-refractivity contribution < 1.29 is 4.79 Å². The number of aromatic amines is 1. The number of nitrogens with zero attached hydrogens (tertiary/aromatic N) is 2. The number of amides is 1. The highest BCUT2D eigenvalue weighted by molar-refractivity contribution is 5.99. The van der Waals surface area contributed by atoms with Gasteiger partial charge in [-0.2, -0.15) is 5.10 Å². The number of nitrogens with two attached hydrogens (primary N) is 1. The van der Waals surface area contributed by atoms with Crippen LogP contribution >= 0.6 is 12.4 Å². The van der Waals surface area contributed by atoms with Crippen LogP contribution in [0.25, 0.3) is 11.3 Å². The Balaban J connectivity index is 0.00000242. The summed E-state index contributed by atoms with van der Waals surface area (Å²) in [4.78, 5) is 14.3. The molecule has 1 aromatic heterocycles. The van der Waals surface area contributed by atoms with Crippen LogP contribution in [0.1, 0.15) is 24.2 Å². The van der Waals surface area contributed by atoms with Crippen molar-refractivity contribution in [1.82, 2.24) is 15.1 Å². The van der Waals surface area contributed by atoms with Gasteiger partial charge in [0.1, 0.15) is 0 Å². The molecule has 1 aromatic carbocycles. The summed E-state index contributed by atoms with van der Waals surface area (Å²) in [6.07, 6.45) is 1.58. The van der Waals surface area contributed by atoms with E-state index in [-0.39, 0.29) is 23.7 Å². The van der Waals surface area contributed by atoms with Crippen molar-refractivity contribution in [3.8, 4) is 11.3 Å². The van der Waals surface area contributed by atoms with Gasteiger partial charge < -0.3 is 10.6 Å². The molecule has 1 heterocycles. The van der Waals surface area contributed by atoms with Crippen molar-refractivity contribution in [2.45, 2.75) is 13.8 Å². The minimum atomic E-state index is -0.110. The summed E-state index contributed by atoms with van der Waals surface area (Å²) in [7, 11) is 1.79. The van der Waals surface area contributed by atoms with E-state index in [2.05, 4.69) is 10.2 Å². The molecule has 0 saturated heterocycles. The second-order valence-corrected chi connectivity index (χ2v) is 6.05. The van der Waals surface area contributed by atoms with Gasteiger partial charge in [0, 0.05) is 19.2 Å². The predicted octanol–water partition coefficient (Wildman–Crippen LogP) is 2.56. The van der Waals surface area contributed by atoms with E-state index < -0.39 is 0 Å². The number of halogens is 1. The predicted molar refractivity (Wildman–Crippen MR) is 91.1 cm³/mol. The molecule has 1 amide bonds. The van der Waals surface area contributed by atoms with E-state index in [4.69, 9.17) is 5.73 Å². The average molecular weight is 323 g/mol. The van der Waals surface area contributed by atoms with E-state index in [1.807, 2.05) is 44.2 Å². The van der Waals surface area contributed by atoms with Crippen LogP contribution in [0.3, 0.4) is 0 Å². The van der Waals surface area contributed by atoms with Crippen LogP contribution in [0.5, 0.6) is 0 Å². The van der Waals surface area contributed by atoms with Gasteiger partial charge in [-0.25, -0.2) is 0 Å². The molecule has 2 rings (SSSR count).